The van der Waals surface area contributed by atoms with Crippen molar-refractivity contribution in [2.45, 2.75) is 6.92 Å². The van der Waals surface area contributed by atoms with Crippen LogP contribution in [0.2, 0.25) is 0 Å². The third-order valence-electron chi connectivity index (χ3n) is 3.90. The number of nitrogens with one attached hydrogen (secondary N) is 2. The molecule has 0 amide bonds. The number of nitrogens with zero attached hydrogens (tertiary/aromatic N) is 1. The molecule has 0 bridgehead atoms. The van der Waals surface area contributed by atoms with Gasteiger partial charge in [-0.15, -0.1) is 11.3 Å². The van der Waals surface area contributed by atoms with Gasteiger partial charge in [0.15, 0.2) is 5.69 Å². The van der Waals surface area contributed by atoms with Gasteiger partial charge < -0.3 is 15.1 Å². The van der Waals surface area contributed by atoms with Crippen molar-refractivity contribution in [1.29, 1.82) is 0 Å². The van der Waals surface area contributed by atoms with Gasteiger partial charge in [0.25, 0.3) is 5.56 Å². The van der Waals surface area contributed by atoms with Gasteiger partial charge in [-0.3, -0.25) is 4.79 Å². The fourth-order valence-electron chi connectivity index (χ4n) is 2.82. The maximum absolute atomic E-state index is 12.8. The van der Waals surface area contributed by atoms with Crippen LogP contribution in [0.5, 0.6) is 0 Å². The Balaban J connectivity index is 2.23. The Kier molecular flexibility index (Phi) is 2.97. The van der Waals surface area contributed by atoms with E-state index in [1.807, 2.05) is 13.0 Å². The lowest BCUT2D eigenvalue weighted by molar-refractivity contribution is 0.0691. The first-order valence-electron chi connectivity index (χ1n) is 7.04. The van der Waals surface area contributed by atoms with Gasteiger partial charge >= 0.3 is 11.7 Å². The van der Waals surface area contributed by atoms with Gasteiger partial charge in [-0.25, -0.2) is 14.2 Å². The highest BCUT2D eigenvalue weighted by Gasteiger charge is 2.22. The van der Waals surface area contributed by atoms with E-state index < -0.39 is 17.2 Å². The Bertz CT molecular complexity index is 1240. The number of aromatic carboxylic acids is 1. The number of hydrogen-bond acceptors (Lipinski definition) is 4. The van der Waals surface area contributed by atoms with E-state index in [4.69, 9.17) is 0 Å². The molecule has 0 aliphatic heterocycles. The molecule has 4 rings (SSSR count). The van der Waals surface area contributed by atoms with Crippen molar-refractivity contribution in [1.82, 2.24) is 14.5 Å². The van der Waals surface area contributed by atoms with E-state index in [0.717, 1.165) is 10.1 Å². The number of aryl methyl sites for hydroxylation is 1. The third-order valence-corrected chi connectivity index (χ3v) is 4.65. The minimum Gasteiger partial charge on any atom is -0.477 e. The number of fused-ring (bicyclic) bond motifs is 2. The lowest BCUT2D eigenvalue weighted by Gasteiger charge is -2.05. The minimum atomic E-state index is -1.24. The highest BCUT2D eigenvalue weighted by atomic mass is 32.1. The number of H-pyrrole nitrogens is 2. The Morgan fingerprint density at radius 2 is 1.92 bits per heavy atom. The van der Waals surface area contributed by atoms with Gasteiger partial charge in [0.1, 0.15) is 0 Å². The van der Waals surface area contributed by atoms with Gasteiger partial charge in [0, 0.05) is 21.7 Å². The Hall–Kier alpha value is -3.13. The van der Waals surface area contributed by atoms with E-state index >= 15 is 0 Å². The number of carboxylic acids is 1. The fraction of sp³-hybridized carbons (Fsp3) is 0.0625. The maximum atomic E-state index is 12.8. The molecule has 120 valence electrons. The second kappa shape index (κ2) is 4.93. The van der Waals surface area contributed by atoms with Gasteiger partial charge in [0.05, 0.1) is 16.6 Å². The normalized spacial score (nSPS) is 11.4. The number of aromatic nitrogens is 3. The summed E-state index contributed by atoms with van der Waals surface area (Å²) in [5.74, 6) is -1.24. The van der Waals surface area contributed by atoms with Crippen molar-refractivity contribution >= 4 is 39.1 Å². The van der Waals surface area contributed by atoms with Crippen molar-refractivity contribution in [3.05, 3.63) is 61.1 Å². The van der Waals surface area contributed by atoms with Crippen molar-refractivity contribution < 1.29 is 9.90 Å². The molecule has 0 unspecified atom stereocenters. The zero-order valence-corrected chi connectivity index (χ0v) is 13.2. The molecule has 3 heterocycles. The van der Waals surface area contributed by atoms with Gasteiger partial charge in [-0.2, -0.15) is 0 Å². The van der Waals surface area contributed by atoms with E-state index in [1.54, 1.807) is 22.9 Å². The van der Waals surface area contributed by atoms with E-state index in [0.29, 0.717) is 21.8 Å². The zero-order chi connectivity index (χ0) is 17.0. The van der Waals surface area contributed by atoms with Crippen LogP contribution in [0, 0.1) is 6.92 Å². The Labute approximate surface area is 137 Å². The average molecular weight is 341 g/mol. The molecular weight excluding hydrogens is 330 g/mol. The predicted octanol–water partition coefficient (Wildman–Crippen LogP) is 2.23. The summed E-state index contributed by atoms with van der Waals surface area (Å²) in [7, 11) is 0. The zero-order valence-electron chi connectivity index (χ0n) is 12.4. The summed E-state index contributed by atoms with van der Waals surface area (Å²) < 4.78 is 0.886. The van der Waals surface area contributed by atoms with Crippen molar-refractivity contribution in [3.63, 3.8) is 0 Å². The number of aromatic amines is 2. The van der Waals surface area contributed by atoms with Crippen LogP contribution in [0.3, 0.4) is 0 Å². The highest BCUT2D eigenvalue weighted by Crippen LogP contribution is 2.26. The number of carbonyl (C=O) groups is 1. The molecule has 0 fully saturated rings. The fourth-order valence-corrected chi connectivity index (χ4v) is 3.58. The molecule has 0 spiro atoms. The SMILES string of the molecule is Cc1ccc2[nH]c(C(=O)O)c(-n3c(=O)[nH]c4cscc4c3=O)c2c1. The van der Waals surface area contributed by atoms with Crippen LogP contribution >= 0.6 is 11.3 Å². The van der Waals surface area contributed by atoms with E-state index in [9.17, 15) is 19.5 Å². The molecule has 0 aliphatic rings. The number of rotatable bonds is 2. The maximum Gasteiger partial charge on any atom is 0.354 e. The average Bonchev–Trinajstić information content (AvgIpc) is 3.12. The largest absolute Gasteiger partial charge is 0.477 e. The summed E-state index contributed by atoms with van der Waals surface area (Å²) in [6, 6.07) is 5.30. The summed E-state index contributed by atoms with van der Waals surface area (Å²) >= 11 is 1.29. The summed E-state index contributed by atoms with van der Waals surface area (Å²) in [4.78, 5) is 42.2. The van der Waals surface area contributed by atoms with Gasteiger partial charge in [-0.1, -0.05) is 11.6 Å². The smallest absolute Gasteiger partial charge is 0.354 e. The van der Waals surface area contributed by atoms with E-state index in [1.165, 1.54) is 11.3 Å². The quantitative estimate of drug-likeness (QED) is 0.519. The van der Waals surface area contributed by atoms with Crippen molar-refractivity contribution in [2.24, 2.45) is 0 Å². The second-order valence-electron chi connectivity index (χ2n) is 5.47. The number of benzene rings is 1. The lowest BCUT2D eigenvalue weighted by atomic mass is 10.1. The Morgan fingerprint density at radius 3 is 2.67 bits per heavy atom. The highest BCUT2D eigenvalue weighted by molar-refractivity contribution is 7.09. The first kappa shape index (κ1) is 14.5. The van der Waals surface area contributed by atoms with Crippen LogP contribution in [-0.4, -0.2) is 25.6 Å². The number of hydrogen-bond donors (Lipinski definition) is 3. The van der Waals surface area contributed by atoms with E-state index in [2.05, 4.69) is 9.97 Å². The third kappa shape index (κ3) is 1.93. The molecule has 3 N–H and O–H groups in total. The van der Waals surface area contributed by atoms with Crippen LogP contribution in [0.25, 0.3) is 27.5 Å². The topological polar surface area (TPSA) is 108 Å². The number of thiophene rings is 1. The molecule has 4 aromatic rings. The van der Waals surface area contributed by atoms with E-state index in [-0.39, 0.29) is 11.4 Å². The first-order chi connectivity index (χ1) is 11.5. The number of carboxylic acid groups (broad SMARTS) is 1. The molecule has 0 radical (unpaired) electrons. The molecule has 24 heavy (non-hydrogen) atoms. The van der Waals surface area contributed by atoms with Crippen LogP contribution < -0.4 is 11.2 Å². The van der Waals surface area contributed by atoms with Crippen LogP contribution in [-0.2, 0) is 0 Å². The molecule has 0 saturated carbocycles. The summed E-state index contributed by atoms with van der Waals surface area (Å²) in [6.07, 6.45) is 0. The van der Waals surface area contributed by atoms with Gasteiger partial charge in [0.2, 0.25) is 0 Å². The summed E-state index contributed by atoms with van der Waals surface area (Å²) in [6.45, 7) is 1.85. The first-order valence-corrected chi connectivity index (χ1v) is 7.99. The molecular formula is C16H11N3O4S. The standard InChI is InChI=1S/C16H11N3O4S/c1-7-2-3-10-8(4-7)13(12(17-10)15(21)22)19-14(20)9-5-24-6-11(9)18-16(19)23/h2-6,17H,1H3,(H,18,23)(H,21,22). The monoisotopic (exact) mass is 341 g/mol. The predicted molar refractivity (Wildman–Crippen MR) is 91.6 cm³/mol. The van der Waals surface area contributed by atoms with Crippen molar-refractivity contribution in [3.8, 4) is 5.69 Å². The lowest BCUT2D eigenvalue weighted by Crippen LogP contribution is -2.34. The molecule has 3 aromatic heterocycles. The van der Waals surface area contributed by atoms with Crippen LogP contribution in [0.1, 0.15) is 16.1 Å². The van der Waals surface area contributed by atoms with Crippen LogP contribution in [0.4, 0.5) is 0 Å². The Morgan fingerprint density at radius 1 is 1.12 bits per heavy atom. The van der Waals surface area contributed by atoms with Gasteiger partial charge in [-0.05, 0) is 19.1 Å². The molecule has 1 aromatic carbocycles. The molecule has 0 atom stereocenters. The molecule has 7 nitrogen and oxygen atoms in total. The summed E-state index contributed by atoms with van der Waals surface area (Å²) in [5, 5.41) is 13.6. The molecule has 0 aliphatic carbocycles. The van der Waals surface area contributed by atoms with Crippen LogP contribution in [0.15, 0.2) is 38.5 Å². The van der Waals surface area contributed by atoms with Crippen molar-refractivity contribution in [2.75, 3.05) is 0 Å². The molecule has 8 heteroatoms. The molecule has 0 saturated heterocycles. The summed E-state index contributed by atoms with van der Waals surface area (Å²) in [5.41, 5.74) is 0.527. The minimum absolute atomic E-state index is 0.0561. The second-order valence-corrected chi connectivity index (χ2v) is 6.22.